The van der Waals surface area contributed by atoms with Gasteiger partial charge in [-0.2, -0.15) is 13.2 Å². The van der Waals surface area contributed by atoms with Crippen molar-refractivity contribution in [1.82, 2.24) is 10.5 Å². The first-order valence-corrected chi connectivity index (χ1v) is 6.68. The van der Waals surface area contributed by atoms with E-state index in [4.69, 9.17) is 4.52 Å². The summed E-state index contributed by atoms with van der Waals surface area (Å²) in [5.74, 6) is -0.754. The second kappa shape index (κ2) is 6.28. The predicted molar refractivity (Wildman–Crippen MR) is 64.5 cm³/mol. The molecule has 7 heteroatoms. The molecule has 1 aliphatic carbocycles. The zero-order valence-corrected chi connectivity index (χ0v) is 10.9. The number of rotatable bonds is 4. The minimum absolute atomic E-state index is 0.0447. The van der Waals surface area contributed by atoms with Crippen LogP contribution in [-0.2, 0) is 11.3 Å². The maximum absolute atomic E-state index is 12.5. The molecule has 0 radical (unpaired) electrons. The van der Waals surface area contributed by atoms with E-state index in [2.05, 4.69) is 10.5 Å². The Kier molecular flexibility index (Phi) is 4.67. The van der Waals surface area contributed by atoms with E-state index >= 15 is 0 Å². The van der Waals surface area contributed by atoms with Gasteiger partial charge < -0.3 is 9.84 Å². The lowest BCUT2D eigenvalue weighted by molar-refractivity contribution is -0.184. The second-order valence-electron chi connectivity index (χ2n) is 5.22. The molecule has 1 aromatic rings. The first-order chi connectivity index (χ1) is 9.45. The van der Waals surface area contributed by atoms with Crippen molar-refractivity contribution in [2.75, 3.05) is 0 Å². The minimum Gasteiger partial charge on any atom is -0.360 e. The normalized spacial score (nSPS) is 23.6. The fourth-order valence-corrected chi connectivity index (χ4v) is 2.55. The van der Waals surface area contributed by atoms with Crippen molar-refractivity contribution >= 4 is 5.91 Å². The number of carbonyl (C=O) groups is 1. The van der Waals surface area contributed by atoms with Crippen molar-refractivity contribution in [2.45, 2.75) is 44.8 Å². The van der Waals surface area contributed by atoms with Crippen molar-refractivity contribution < 1.29 is 22.5 Å². The first-order valence-electron chi connectivity index (χ1n) is 6.68. The van der Waals surface area contributed by atoms with Gasteiger partial charge in [-0.15, -0.1) is 0 Å². The van der Waals surface area contributed by atoms with Gasteiger partial charge in [0.1, 0.15) is 0 Å². The average Bonchev–Trinajstić information content (AvgIpc) is 2.89. The number of carbonyl (C=O) groups excluding carboxylic acids is 1. The van der Waals surface area contributed by atoms with E-state index in [-0.39, 0.29) is 37.6 Å². The van der Waals surface area contributed by atoms with E-state index in [1.54, 1.807) is 6.07 Å². The summed E-state index contributed by atoms with van der Waals surface area (Å²) in [4.78, 5) is 11.7. The number of amides is 1. The maximum atomic E-state index is 12.5. The first kappa shape index (κ1) is 14.9. The second-order valence-corrected chi connectivity index (χ2v) is 5.22. The number of nitrogens with one attached hydrogen (secondary N) is 1. The lowest BCUT2D eigenvalue weighted by atomic mass is 9.80. The van der Waals surface area contributed by atoms with Crippen molar-refractivity contribution in [1.29, 1.82) is 0 Å². The Labute approximate surface area is 114 Å². The molecule has 1 heterocycles. The Morgan fingerprint density at radius 2 is 2.05 bits per heavy atom. The van der Waals surface area contributed by atoms with Crippen molar-refractivity contribution in [3.05, 3.63) is 18.0 Å². The average molecular weight is 290 g/mol. The van der Waals surface area contributed by atoms with E-state index in [1.165, 1.54) is 6.20 Å². The van der Waals surface area contributed by atoms with E-state index in [0.717, 1.165) is 0 Å². The van der Waals surface area contributed by atoms with Gasteiger partial charge >= 0.3 is 6.18 Å². The van der Waals surface area contributed by atoms with Crippen LogP contribution in [0.15, 0.2) is 16.8 Å². The van der Waals surface area contributed by atoms with Gasteiger partial charge in [-0.25, -0.2) is 0 Å². The molecule has 1 fully saturated rings. The number of hydrogen-bond donors (Lipinski definition) is 1. The van der Waals surface area contributed by atoms with Gasteiger partial charge in [0.25, 0.3) is 0 Å². The number of halogens is 3. The highest BCUT2D eigenvalue weighted by Gasteiger charge is 2.41. The molecule has 2 rings (SSSR count). The van der Waals surface area contributed by atoms with E-state index in [9.17, 15) is 18.0 Å². The Morgan fingerprint density at radius 1 is 1.35 bits per heavy atom. The standard InChI is InChI=1S/C13H17F3N2O2/c14-13(15,16)10-3-1-9(2-4-10)7-12(19)17-8-11-5-6-18-20-11/h5-6,9-10H,1-4,7-8H2,(H,17,19). The molecule has 0 spiro atoms. The number of nitrogens with zero attached hydrogens (tertiary/aromatic N) is 1. The zero-order valence-electron chi connectivity index (χ0n) is 10.9. The van der Waals surface area contributed by atoms with Crippen LogP contribution < -0.4 is 5.32 Å². The third-order valence-corrected chi connectivity index (χ3v) is 3.73. The van der Waals surface area contributed by atoms with Crippen LogP contribution >= 0.6 is 0 Å². The van der Waals surface area contributed by atoms with Crippen molar-refractivity contribution in [3.8, 4) is 0 Å². The van der Waals surface area contributed by atoms with Crippen molar-refractivity contribution in [3.63, 3.8) is 0 Å². The zero-order chi connectivity index (χ0) is 14.6. The lowest BCUT2D eigenvalue weighted by Gasteiger charge is -2.29. The predicted octanol–water partition coefficient (Wildman–Crippen LogP) is 3.05. The molecule has 112 valence electrons. The summed E-state index contributed by atoms with van der Waals surface area (Å²) in [6.07, 6.45) is -1.16. The topological polar surface area (TPSA) is 55.1 Å². The van der Waals surface area contributed by atoms with Crippen LogP contribution in [0.5, 0.6) is 0 Å². The number of hydrogen-bond acceptors (Lipinski definition) is 3. The van der Waals surface area contributed by atoms with Crippen LogP contribution in [0.4, 0.5) is 13.2 Å². The van der Waals surface area contributed by atoms with Gasteiger partial charge in [-0.3, -0.25) is 4.79 Å². The van der Waals surface area contributed by atoms with Gasteiger partial charge in [0.05, 0.1) is 18.7 Å². The molecule has 1 saturated carbocycles. The molecule has 20 heavy (non-hydrogen) atoms. The molecule has 0 aliphatic heterocycles. The molecule has 0 atom stereocenters. The Bertz CT molecular complexity index is 423. The van der Waals surface area contributed by atoms with E-state index in [1.807, 2.05) is 0 Å². The van der Waals surface area contributed by atoms with Crippen molar-refractivity contribution in [2.24, 2.45) is 11.8 Å². The van der Waals surface area contributed by atoms with Gasteiger partial charge in [0, 0.05) is 12.5 Å². The van der Waals surface area contributed by atoms with E-state index in [0.29, 0.717) is 18.6 Å². The Morgan fingerprint density at radius 3 is 2.60 bits per heavy atom. The number of alkyl halides is 3. The smallest absolute Gasteiger partial charge is 0.360 e. The highest BCUT2D eigenvalue weighted by atomic mass is 19.4. The van der Waals surface area contributed by atoms with Gasteiger partial charge in [-0.1, -0.05) is 5.16 Å². The summed E-state index contributed by atoms with van der Waals surface area (Å²) < 4.78 is 42.4. The lowest BCUT2D eigenvalue weighted by Crippen LogP contribution is -2.30. The minimum atomic E-state index is -4.10. The third kappa shape index (κ3) is 4.25. The van der Waals surface area contributed by atoms with Crippen LogP contribution in [0, 0.1) is 11.8 Å². The molecule has 4 nitrogen and oxygen atoms in total. The van der Waals surface area contributed by atoms with Gasteiger partial charge in [-0.05, 0) is 31.6 Å². The monoisotopic (exact) mass is 290 g/mol. The summed E-state index contributed by atoms with van der Waals surface area (Å²) in [5.41, 5.74) is 0. The molecule has 1 amide bonds. The summed E-state index contributed by atoms with van der Waals surface area (Å²) in [6, 6.07) is 1.65. The van der Waals surface area contributed by atoms with Crippen LogP contribution in [0.1, 0.15) is 37.9 Å². The summed E-state index contributed by atoms with van der Waals surface area (Å²) >= 11 is 0. The van der Waals surface area contributed by atoms with E-state index < -0.39 is 12.1 Å². The highest BCUT2D eigenvalue weighted by molar-refractivity contribution is 5.76. The third-order valence-electron chi connectivity index (χ3n) is 3.73. The van der Waals surface area contributed by atoms with Crippen LogP contribution in [0.25, 0.3) is 0 Å². The van der Waals surface area contributed by atoms with Gasteiger partial charge in [0.15, 0.2) is 5.76 Å². The van der Waals surface area contributed by atoms with Crippen LogP contribution in [0.2, 0.25) is 0 Å². The summed E-state index contributed by atoms with van der Waals surface area (Å²) in [5, 5.41) is 6.19. The highest BCUT2D eigenvalue weighted by Crippen LogP contribution is 2.40. The molecule has 1 aliphatic rings. The van der Waals surface area contributed by atoms with Crippen LogP contribution in [-0.4, -0.2) is 17.2 Å². The van der Waals surface area contributed by atoms with Gasteiger partial charge in [0.2, 0.25) is 5.91 Å². The fraction of sp³-hybridized carbons (Fsp3) is 0.692. The SMILES string of the molecule is O=C(CC1CCC(C(F)(F)F)CC1)NCc1ccno1. The molecule has 0 bridgehead atoms. The molecule has 0 saturated heterocycles. The van der Waals surface area contributed by atoms with Crippen LogP contribution in [0.3, 0.4) is 0 Å². The molecular weight excluding hydrogens is 273 g/mol. The largest absolute Gasteiger partial charge is 0.391 e. The quantitative estimate of drug-likeness (QED) is 0.927. The maximum Gasteiger partial charge on any atom is 0.391 e. The molecular formula is C13H17F3N2O2. The molecule has 0 unspecified atom stereocenters. The summed E-state index contributed by atoms with van der Waals surface area (Å²) in [7, 11) is 0. The molecule has 1 N–H and O–H groups in total. The molecule has 0 aromatic carbocycles. The molecule has 1 aromatic heterocycles. The Hall–Kier alpha value is -1.53. The fourth-order valence-electron chi connectivity index (χ4n) is 2.55. The Balaban J connectivity index is 1.68. The number of aromatic nitrogens is 1. The summed E-state index contributed by atoms with van der Waals surface area (Å²) in [6.45, 7) is 0.261.